The molecule has 4 aromatic rings. The summed E-state index contributed by atoms with van der Waals surface area (Å²) in [5, 5.41) is 14.8. The highest BCUT2D eigenvalue weighted by Gasteiger charge is 2.32. The second-order valence-corrected chi connectivity index (χ2v) is 8.98. The molecular weight excluding hydrogens is 490 g/mol. The average molecular weight is 513 g/mol. The number of likely N-dealkylation sites (tertiary alicyclic amines) is 1. The molecule has 0 aliphatic carbocycles. The van der Waals surface area contributed by atoms with Crippen molar-refractivity contribution in [1.29, 1.82) is 5.26 Å². The van der Waals surface area contributed by atoms with E-state index in [1.54, 1.807) is 17.1 Å². The summed E-state index contributed by atoms with van der Waals surface area (Å²) in [4.78, 5) is 13.8. The predicted molar refractivity (Wildman–Crippen MR) is 126 cm³/mol. The van der Waals surface area contributed by atoms with Crippen molar-refractivity contribution in [1.82, 2.24) is 29.6 Å². The number of nitriles is 1. The van der Waals surface area contributed by atoms with Crippen molar-refractivity contribution < 1.29 is 22.3 Å². The third-order valence-electron chi connectivity index (χ3n) is 6.43. The Hall–Kier alpha value is -3.98. The van der Waals surface area contributed by atoms with Gasteiger partial charge in [0.1, 0.15) is 29.6 Å². The Morgan fingerprint density at radius 2 is 2.00 bits per heavy atom. The van der Waals surface area contributed by atoms with Crippen LogP contribution in [0, 0.1) is 17.1 Å². The Labute approximate surface area is 209 Å². The molecule has 4 heterocycles. The first-order chi connectivity index (χ1) is 17.8. The number of rotatable bonds is 7. The van der Waals surface area contributed by atoms with Crippen LogP contribution in [0.4, 0.5) is 17.6 Å². The molecule has 1 aliphatic rings. The second kappa shape index (κ2) is 10.2. The summed E-state index contributed by atoms with van der Waals surface area (Å²) in [5.41, 5.74) is 1.22. The van der Waals surface area contributed by atoms with Crippen LogP contribution in [0.1, 0.15) is 30.9 Å². The number of benzene rings is 1. The van der Waals surface area contributed by atoms with Gasteiger partial charge >= 0.3 is 6.18 Å². The van der Waals surface area contributed by atoms with Gasteiger partial charge in [0.25, 0.3) is 0 Å². The van der Waals surface area contributed by atoms with Crippen LogP contribution >= 0.6 is 0 Å². The van der Waals surface area contributed by atoms with Crippen molar-refractivity contribution in [2.45, 2.75) is 37.6 Å². The van der Waals surface area contributed by atoms with Crippen LogP contribution in [-0.2, 0) is 6.18 Å². The smallest absolute Gasteiger partial charge is 0.416 e. The zero-order valence-electron chi connectivity index (χ0n) is 19.6. The molecule has 8 nitrogen and oxygen atoms in total. The lowest BCUT2D eigenvalue weighted by atomic mass is 10.1. The fraction of sp³-hybridized carbons (Fsp3) is 0.360. The summed E-state index contributed by atoms with van der Waals surface area (Å²) in [5.74, 6) is -1.11. The van der Waals surface area contributed by atoms with E-state index in [9.17, 15) is 22.8 Å². The Kier molecular flexibility index (Phi) is 6.80. The van der Waals surface area contributed by atoms with Crippen molar-refractivity contribution >= 4 is 11.0 Å². The maximum Gasteiger partial charge on any atom is 0.416 e. The highest BCUT2D eigenvalue weighted by atomic mass is 19.4. The van der Waals surface area contributed by atoms with Gasteiger partial charge in [-0.05, 0) is 31.0 Å². The van der Waals surface area contributed by atoms with Crippen molar-refractivity contribution in [2.75, 3.05) is 19.6 Å². The SMILES string of the molecule is N#CCC(CN1CCC(Oc2cc(F)cc(C(F)(F)F)c2)CC1)n1cc(-c2ncnc3[nH]ccc23)cn1. The van der Waals surface area contributed by atoms with Crippen LogP contribution in [0.15, 0.2) is 49.2 Å². The lowest BCUT2D eigenvalue weighted by Crippen LogP contribution is -2.41. The van der Waals surface area contributed by atoms with Gasteiger partial charge in [-0.1, -0.05) is 0 Å². The number of hydrogen-bond donors (Lipinski definition) is 1. The van der Waals surface area contributed by atoms with Crippen molar-refractivity contribution in [3.63, 3.8) is 0 Å². The Morgan fingerprint density at radius 1 is 1.19 bits per heavy atom. The number of hydrogen-bond acceptors (Lipinski definition) is 6. The van der Waals surface area contributed by atoms with E-state index in [-0.39, 0.29) is 24.3 Å². The third-order valence-corrected chi connectivity index (χ3v) is 6.43. The minimum atomic E-state index is -4.65. The molecule has 0 spiro atoms. The standard InChI is InChI=1S/C25H23F4N7O/c26-18-9-17(25(27,28)29)10-21(11-18)37-20-3-7-35(8-4-20)14-19(1-5-30)36-13-16(12-34-36)23-22-2-6-31-24(22)33-15-32-23/h2,6,9-13,15,19-20H,1,3-4,7-8,14H2,(H,31,32,33). The van der Waals surface area contributed by atoms with Gasteiger partial charge in [0, 0.05) is 49.0 Å². The van der Waals surface area contributed by atoms with Gasteiger partial charge in [-0.3, -0.25) is 4.68 Å². The minimum Gasteiger partial charge on any atom is -0.490 e. The van der Waals surface area contributed by atoms with Crippen molar-refractivity contribution in [3.8, 4) is 23.1 Å². The van der Waals surface area contributed by atoms with E-state index >= 15 is 0 Å². The fourth-order valence-electron chi connectivity index (χ4n) is 4.60. The van der Waals surface area contributed by atoms with E-state index in [0.29, 0.717) is 38.5 Å². The summed E-state index contributed by atoms with van der Waals surface area (Å²) < 4.78 is 60.1. The zero-order chi connectivity index (χ0) is 26.0. The Balaban J connectivity index is 1.22. The first-order valence-electron chi connectivity index (χ1n) is 11.8. The predicted octanol–water partition coefficient (Wildman–Crippen LogP) is 4.98. The zero-order valence-corrected chi connectivity index (χ0v) is 19.6. The molecule has 0 bridgehead atoms. The van der Waals surface area contributed by atoms with Crippen molar-refractivity contribution in [2.24, 2.45) is 0 Å². The average Bonchev–Trinajstić information content (AvgIpc) is 3.54. The number of aromatic nitrogens is 5. The van der Waals surface area contributed by atoms with Crippen LogP contribution in [0.25, 0.3) is 22.3 Å². The first-order valence-corrected chi connectivity index (χ1v) is 11.8. The lowest BCUT2D eigenvalue weighted by molar-refractivity contribution is -0.137. The number of nitrogens with zero attached hydrogens (tertiary/aromatic N) is 6. The topological polar surface area (TPSA) is 95.6 Å². The number of aromatic amines is 1. The molecule has 5 rings (SSSR count). The maximum absolute atomic E-state index is 13.7. The molecule has 1 aliphatic heterocycles. The van der Waals surface area contributed by atoms with Crippen LogP contribution < -0.4 is 4.74 Å². The van der Waals surface area contributed by atoms with Gasteiger partial charge in [-0.25, -0.2) is 14.4 Å². The van der Waals surface area contributed by atoms with E-state index in [1.807, 2.05) is 12.3 Å². The van der Waals surface area contributed by atoms with E-state index in [1.165, 1.54) is 6.33 Å². The molecule has 12 heteroatoms. The summed E-state index contributed by atoms with van der Waals surface area (Å²) in [6, 6.07) is 6.18. The summed E-state index contributed by atoms with van der Waals surface area (Å²) in [7, 11) is 0. The number of ether oxygens (including phenoxy) is 1. The van der Waals surface area contributed by atoms with E-state index in [4.69, 9.17) is 4.74 Å². The van der Waals surface area contributed by atoms with E-state index < -0.39 is 17.6 Å². The largest absolute Gasteiger partial charge is 0.490 e. The number of fused-ring (bicyclic) bond motifs is 1. The highest BCUT2D eigenvalue weighted by Crippen LogP contribution is 2.33. The normalized spacial score (nSPS) is 16.1. The Bertz CT molecular complexity index is 1420. The maximum atomic E-state index is 13.7. The van der Waals surface area contributed by atoms with Gasteiger partial charge in [-0.15, -0.1) is 0 Å². The van der Waals surface area contributed by atoms with Crippen LogP contribution in [0.3, 0.4) is 0 Å². The highest BCUT2D eigenvalue weighted by molar-refractivity contribution is 5.89. The Morgan fingerprint density at radius 3 is 2.76 bits per heavy atom. The van der Waals surface area contributed by atoms with Crippen LogP contribution in [0.5, 0.6) is 5.75 Å². The van der Waals surface area contributed by atoms with Gasteiger partial charge in [-0.2, -0.15) is 23.5 Å². The molecule has 1 fully saturated rings. The summed E-state index contributed by atoms with van der Waals surface area (Å²) in [6.45, 7) is 1.82. The van der Waals surface area contributed by atoms with Gasteiger partial charge < -0.3 is 14.6 Å². The van der Waals surface area contributed by atoms with Gasteiger partial charge in [0.05, 0.1) is 36.0 Å². The molecule has 1 saturated heterocycles. The molecule has 1 aromatic carbocycles. The quantitative estimate of drug-likeness (QED) is 0.351. The molecule has 1 atom stereocenters. The van der Waals surface area contributed by atoms with Crippen molar-refractivity contribution in [3.05, 3.63) is 60.6 Å². The van der Waals surface area contributed by atoms with Gasteiger partial charge in [0.2, 0.25) is 0 Å². The van der Waals surface area contributed by atoms with Gasteiger partial charge in [0.15, 0.2) is 0 Å². The van der Waals surface area contributed by atoms with E-state index in [0.717, 1.165) is 34.4 Å². The first kappa shape index (κ1) is 24.7. The van der Waals surface area contributed by atoms with Crippen LogP contribution in [-0.4, -0.2) is 55.4 Å². The lowest BCUT2D eigenvalue weighted by Gasteiger charge is -2.34. The molecule has 1 N–H and O–H groups in total. The molecule has 192 valence electrons. The summed E-state index contributed by atoms with van der Waals surface area (Å²) >= 11 is 0. The monoisotopic (exact) mass is 513 g/mol. The number of alkyl halides is 3. The molecule has 1 unspecified atom stereocenters. The summed E-state index contributed by atoms with van der Waals surface area (Å²) in [6.07, 6.45) is 3.27. The molecule has 37 heavy (non-hydrogen) atoms. The molecule has 0 amide bonds. The molecular formula is C25H23F4N7O. The number of halogens is 4. The second-order valence-electron chi connectivity index (χ2n) is 8.98. The molecule has 0 radical (unpaired) electrons. The number of piperidine rings is 1. The number of H-pyrrole nitrogens is 1. The van der Waals surface area contributed by atoms with Crippen LogP contribution in [0.2, 0.25) is 0 Å². The third kappa shape index (κ3) is 5.56. The minimum absolute atomic E-state index is 0.126. The fourth-order valence-corrected chi connectivity index (χ4v) is 4.60. The molecule has 3 aromatic heterocycles. The molecule has 0 saturated carbocycles. The number of nitrogens with one attached hydrogen (secondary N) is 1. The van der Waals surface area contributed by atoms with E-state index in [2.05, 4.69) is 31.0 Å².